The third-order valence-electron chi connectivity index (χ3n) is 2.73. The van der Waals surface area contributed by atoms with Crippen molar-refractivity contribution >= 4 is 0 Å². The standard InChI is InChI=1S/C13H22NO/c1-5-6-13-8-10(2)7-11(3)14(13)12(4)9-15/h7-8,12,15H,5-6,9H2,1-4H3/q+1/t12-/m0/s1. The molecule has 0 bridgehead atoms. The van der Waals surface area contributed by atoms with Crippen LogP contribution < -0.4 is 4.57 Å². The van der Waals surface area contributed by atoms with Gasteiger partial charge >= 0.3 is 0 Å². The lowest BCUT2D eigenvalue weighted by atomic mass is 10.1. The lowest BCUT2D eigenvalue weighted by Crippen LogP contribution is -2.46. The van der Waals surface area contributed by atoms with Crippen molar-refractivity contribution in [1.29, 1.82) is 0 Å². The summed E-state index contributed by atoms with van der Waals surface area (Å²) in [5.74, 6) is 0. The molecule has 0 aliphatic heterocycles. The molecule has 0 saturated carbocycles. The molecular weight excluding hydrogens is 186 g/mol. The van der Waals surface area contributed by atoms with Gasteiger partial charge in [-0.1, -0.05) is 6.92 Å². The van der Waals surface area contributed by atoms with Crippen LogP contribution in [0, 0.1) is 13.8 Å². The highest BCUT2D eigenvalue weighted by Crippen LogP contribution is 2.08. The summed E-state index contributed by atoms with van der Waals surface area (Å²) >= 11 is 0. The molecule has 0 spiro atoms. The summed E-state index contributed by atoms with van der Waals surface area (Å²) < 4.78 is 2.25. The van der Waals surface area contributed by atoms with Crippen LogP contribution in [-0.4, -0.2) is 11.7 Å². The van der Waals surface area contributed by atoms with Crippen molar-refractivity contribution in [3.8, 4) is 0 Å². The van der Waals surface area contributed by atoms with E-state index in [4.69, 9.17) is 0 Å². The van der Waals surface area contributed by atoms with Crippen LogP contribution >= 0.6 is 0 Å². The van der Waals surface area contributed by atoms with E-state index in [1.54, 1.807) is 0 Å². The second kappa shape index (κ2) is 5.26. The lowest BCUT2D eigenvalue weighted by molar-refractivity contribution is -0.733. The number of pyridine rings is 1. The van der Waals surface area contributed by atoms with Gasteiger partial charge in [0.15, 0.2) is 17.4 Å². The Kier molecular flexibility index (Phi) is 4.28. The summed E-state index contributed by atoms with van der Waals surface area (Å²) in [5.41, 5.74) is 3.87. The molecule has 0 unspecified atom stereocenters. The molecule has 0 aromatic carbocycles. The number of rotatable bonds is 4. The predicted molar refractivity (Wildman–Crippen MR) is 61.9 cm³/mol. The van der Waals surface area contributed by atoms with E-state index in [1.165, 1.54) is 17.0 Å². The number of aryl methyl sites for hydroxylation is 3. The molecule has 0 saturated heterocycles. The Hall–Kier alpha value is -0.890. The molecule has 1 aromatic rings. The van der Waals surface area contributed by atoms with Crippen LogP contribution in [0.4, 0.5) is 0 Å². The largest absolute Gasteiger partial charge is 0.389 e. The number of nitrogens with zero attached hydrogens (tertiary/aromatic N) is 1. The Bertz CT molecular complexity index is 334. The first-order valence-electron chi connectivity index (χ1n) is 5.72. The average molecular weight is 208 g/mol. The maximum atomic E-state index is 9.25. The Balaban J connectivity index is 3.20. The van der Waals surface area contributed by atoms with Crippen LogP contribution in [0.1, 0.15) is 43.3 Å². The summed E-state index contributed by atoms with van der Waals surface area (Å²) in [5, 5.41) is 9.25. The first-order valence-corrected chi connectivity index (χ1v) is 5.72. The Morgan fingerprint density at radius 3 is 2.53 bits per heavy atom. The zero-order valence-electron chi connectivity index (χ0n) is 10.2. The minimum atomic E-state index is 0.173. The second-order valence-corrected chi connectivity index (χ2v) is 4.32. The van der Waals surface area contributed by atoms with E-state index in [9.17, 15) is 5.11 Å². The molecule has 1 aromatic heterocycles. The van der Waals surface area contributed by atoms with E-state index < -0.39 is 0 Å². The molecule has 2 heteroatoms. The second-order valence-electron chi connectivity index (χ2n) is 4.32. The Labute approximate surface area is 92.6 Å². The van der Waals surface area contributed by atoms with Gasteiger partial charge in [-0.15, -0.1) is 0 Å². The van der Waals surface area contributed by atoms with Gasteiger partial charge in [-0.3, -0.25) is 0 Å². The maximum Gasteiger partial charge on any atom is 0.182 e. The minimum absolute atomic E-state index is 0.173. The number of aliphatic hydroxyl groups is 1. The summed E-state index contributed by atoms with van der Waals surface area (Å²) in [4.78, 5) is 0. The highest BCUT2D eigenvalue weighted by molar-refractivity contribution is 5.14. The lowest BCUT2D eigenvalue weighted by Gasteiger charge is -2.12. The fourth-order valence-electron chi connectivity index (χ4n) is 2.16. The van der Waals surface area contributed by atoms with Crippen molar-refractivity contribution in [3.05, 3.63) is 29.1 Å². The van der Waals surface area contributed by atoms with Gasteiger partial charge in [0.05, 0.1) is 0 Å². The van der Waals surface area contributed by atoms with Crippen LogP contribution in [-0.2, 0) is 6.42 Å². The summed E-state index contributed by atoms with van der Waals surface area (Å²) in [6.45, 7) is 8.68. The van der Waals surface area contributed by atoms with E-state index in [0.29, 0.717) is 0 Å². The van der Waals surface area contributed by atoms with Crippen LogP contribution in [0.15, 0.2) is 12.1 Å². The van der Waals surface area contributed by atoms with Crippen molar-refractivity contribution in [2.24, 2.45) is 0 Å². The van der Waals surface area contributed by atoms with Gasteiger partial charge in [-0.2, -0.15) is 4.57 Å². The minimum Gasteiger partial charge on any atom is -0.389 e. The van der Waals surface area contributed by atoms with E-state index in [0.717, 1.165) is 12.8 Å². The van der Waals surface area contributed by atoms with Crippen molar-refractivity contribution < 1.29 is 9.67 Å². The summed E-state index contributed by atoms with van der Waals surface area (Å²) in [6.07, 6.45) is 2.22. The molecule has 1 N–H and O–H groups in total. The molecule has 1 rings (SSSR count). The molecule has 0 radical (unpaired) electrons. The maximum absolute atomic E-state index is 9.25. The van der Waals surface area contributed by atoms with E-state index in [2.05, 4.69) is 44.4 Å². The quantitative estimate of drug-likeness (QED) is 0.753. The zero-order chi connectivity index (χ0) is 11.4. The molecule has 0 fully saturated rings. The molecule has 2 nitrogen and oxygen atoms in total. The number of aliphatic hydroxyl groups excluding tert-OH is 1. The van der Waals surface area contributed by atoms with Crippen molar-refractivity contribution in [2.45, 2.75) is 46.6 Å². The first kappa shape index (κ1) is 12.2. The molecule has 0 amide bonds. The molecule has 0 aliphatic rings. The van der Waals surface area contributed by atoms with E-state index in [-0.39, 0.29) is 12.6 Å². The molecule has 15 heavy (non-hydrogen) atoms. The SMILES string of the molecule is CCCc1cc(C)cc(C)[n+]1[C@@H](C)CO. The third kappa shape index (κ3) is 2.78. The van der Waals surface area contributed by atoms with Gasteiger partial charge in [0.1, 0.15) is 6.61 Å². The van der Waals surface area contributed by atoms with Gasteiger partial charge in [-0.25, -0.2) is 0 Å². The topological polar surface area (TPSA) is 24.1 Å². The van der Waals surface area contributed by atoms with Crippen molar-refractivity contribution in [3.63, 3.8) is 0 Å². The zero-order valence-corrected chi connectivity index (χ0v) is 10.2. The van der Waals surface area contributed by atoms with E-state index in [1.807, 2.05) is 0 Å². The van der Waals surface area contributed by atoms with E-state index >= 15 is 0 Å². The fraction of sp³-hybridized carbons (Fsp3) is 0.615. The van der Waals surface area contributed by atoms with Gasteiger partial charge in [0, 0.05) is 32.4 Å². The van der Waals surface area contributed by atoms with Gasteiger partial charge in [0.25, 0.3) is 0 Å². The number of hydrogen-bond donors (Lipinski definition) is 1. The van der Waals surface area contributed by atoms with Crippen molar-refractivity contribution in [2.75, 3.05) is 6.61 Å². The number of aromatic nitrogens is 1. The van der Waals surface area contributed by atoms with Crippen LogP contribution in [0.3, 0.4) is 0 Å². The van der Waals surface area contributed by atoms with Gasteiger partial charge in [0.2, 0.25) is 0 Å². The van der Waals surface area contributed by atoms with Crippen LogP contribution in [0.5, 0.6) is 0 Å². The molecule has 0 aliphatic carbocycles. The molecule has 1 heterocycles. The van der Waals surface area contributed by atoms with Gasteiger partial charge in [-0.05, 0) is 18.9 Å². The summed E-state index contributed by atoms with van der Waals surface area (Å²) in [6, 6.07) is 4.57. The number of hydrogen-bond acceptors (Lipinski definition) is 1. The summed E-state index contributed by atoms with van der Waals surface area (Å²) in [7, 11) is 0. The Morgan fingerprint density at radius 2 is 2.00 bits per heavy atom. The fourth-order valence-corrected chi connectivity index (χ4v) is 2.16. The molecule has 84 valence electrons. The highest BCUT2D eigenvalue weighted by atomic mass is 16.3. The first-order chi connectivity index (χ1) is 7.10. The van der Waals surface area contributed by atoms with Crippen LogP contribution in [0.25, 0.3) is 0 Å². The molecule has 1 atom stereocenters. The average Bonchev–Trinajstić information content (AvgIpc) is 2.16. The predicted octanol–water partition coefficient (Wildman–Crippen LogP) is 2.10. The molecular formula is C13H22NO+. The highest BCUT2D eigenvalue weighted by Gasteiger charge is 2.20. The van der Waals surface area contributed by atoms with Crippen molar-refractivity contribution in [1.82, 2.24) is 0 Å². The normalized spacial score (nSPS) is 12.9. The van der Waals surface area contributed by atoms with Gasteiger partial charge < -0.3 is 5.11 Å². The third-order valence-corrected chi connectivity index (χ3v) is 2.73. The Morgan fingerprint density at radius 1 is 1.33 bits per heavy atom. The monoisotopic (exact) mass is 208 g/mol. The smallest absolute Gasteiger partial charge is 0.182 e. The van der Waals surface area contributed by atoms with Crippen LogP contribution in [0.2, 0.25) is 0 Å².